The van der Waals surface area contributed by atoms with Crippen LogP contribution in [0.1, 0.15) is 5.56 Å². The lowest BCUT2D eigenvalue weighted by Crippen LogP contribution is -2.05. The summed E-state index contributed by atoms with van der Waals surface area (Å²) in [5.41, 5.74) is 2.34. The van der Waals surface area contributed by atoms with Crippen LogP contribution >= 0.6 is 23.2 Å². The number of benzene rings is 3. The first-order valence-electron chi connectivity index (χ1n) is 8.94. The van der Waals surface area contributed by atoms with Crippen LogP contribution in [0.15, 0.2) is 87.1 Å². The van der Waals surface area contributed by atoms with E-state index in [1.165, 1.54) is 24.3 Å². The van der Waals surface area contributed by atoms with Crippen LogP contribution in [-0.4, -0.2) is 13.4 Å². The monoisotopic (exact) mass is 458 g/mol. The molecule has 30 heavy (non-hydrogen) atoms. The maximum Gasteiger partial charge on any atom is 0.238 e. The molecule has 1 N–H and O–H groups in total. The predicted octanol–water partition coefficient (Wildman–Crippen LogP) is 6.53. The fourth-order valence-corrected chi connectivity index (χ4v) is 4.29. The summed E-state index contributed by atoms with van der Waals surface area (Å²) in [6, 6.07) is 20.2. The quantitative estimate of drug-likeness (QED) is 0.367. The van der Waals surface area contributed by atoms with E-state index in [9.17, 15) is 8.42 Å². The van der Waals surface area contributed by atoms with Crippen LogP contribution in [0.2, 0.25) is 10.0 Å². The summed E-state index contributed by atoms with van der Waals surface area (Å²) in [4.78, 5) is 4.38. The minimum Gasteiger partial charge on any atom is -0.419 e. The molecule has 5 nitrogen and oxygen atoms in total. The highest BCUT2D eigenvalue weighted by Gasteiger charge is 2.28. The summed E-state index contributed by atoms with van der Waals surface area (Å²) in [5, 5.41) is 3.78. The summed E-state index contributed by atoms with van der Waals surface area (Å²) in [6.45, 7) is 1.96. The number of halogens is 2. The van der Waals surface area contributed by atoms with Crippen LogP contribution < -0.4 is 5.32 Å². The molecule has 0 saturated heterocycles. The number of sulfone groups is 1. The second-order valence-electron chi connectivity index (χ2n) is 6.61. The van der Waals surface area contributed by atoms with E-state index in [0.29, 0.717) is 21.3 Å². The van der Waals surface area contributed by atoms with E-state index in [2.05, 4.69) is 10.3 Å². The third kappa shape index (κ3) is 4.21. The number of aromatic nitrogens is 1. The number of hydrogen-bond acceptors (Lipinski definition) is 5. The van der Waals surface area contributed by atoms with Crippen LogP contribution in [0.3, 0.4) is 0 Å². The van der Waals surface area contributed by atoms with E-state index in [0.717, 1.165) is 5.56 Å². The maximum absolute atomic E-state index is 13.3. The van der Waals surface area contributed by atoms with E-state index >= 15 is 0 Å². The molecule has 0 amide bonds. The van der Waals surface area contributed by atoms with Crippen molar-refractivity contribution in [2.45, 2.75) is 16.8 Å². The number of hydrogen-bond donors (Lipinski definition) is 1. The van der Waals surface area contributed by atoms with Gasteiger partial charge in [-0.25, -0.2) is 8.42 Å². The highest BCUT2D eigenvalue weighted by molar-refractivity contribution is 7.91. The smallest absolute Gasteiger partial charge is 0.238 e. The SMILES string of the molecule is Cc1ccc(-c2nc(S(=O)(=O)c3ccc(Cl)cc3)c(Nc3ccc(Cl)cc3)o2)cc1. The lowest BCUT2D eigenvalue weighted by molar-refractivity contribution is 0.582. The first kappa shape index (κ1) is 20.5. The van der Waals surface area contributed by atoms with Crippen LogP contribution in [0, 0.1) is 6.92 Å². The van der Waals surface area contributed by atoms with Crippen molar-refractivity contribution in [1.29, 1.82) is 0 Å². The van der Waals surface area contributed by atoms with Gasteiger partial charge in [0.2, 0.25) is 26.6 Å². The number of nitrogens with zero attached hydrogens (tertiary/aromatic N) is 1. The Morgan fingerprint density at radius 1 is 0.833 bits per heavy atom. The van der Waals surface area contributed by atoms with E-state index in [1.54, 1.807) is 24.3 Å². The van der Waals surface area contributed by atoms with Crippen LogP contribution in [-0.2, 0) is 9.84 Å². The van der Waals surface area contributed by atoms with Crippen molar-refractivity contribution in [2.24, 2.45) is 0 Å². The number of aryl methyl sites for hydroxylation is 1. The molecule has 0 fully saturated rings. The average Bonchev–Trinajstić information content (AvgIpc) is 3.15. The molecular weight excluding hydrogens is 443 g/mol. The molecule has 0 radical (unpaired) electrons. The van der Waals surface area contributed by atoms with E-state index < -0.39 is 9.84 Å². The Morgan fingerprint density at radius 3 is 2.00 bits per heavy atom. The molecule has 0 unspecified atom stereocenters. The molecule has 0 aliphatic carbocycles. The molecule has 0 aliphatic rings. The van der Waals surface area contributed by atoms with Crippen molar-refractivity contribution in [3.63, 3.8) is 0 Å². The molecule has 0 saturated carbocycles. The summed E-state index contributed by atoms with van der Waals surface area (Å²) in [7, 11) is -3.96. The van der Waals surface area contributed by atoms with Gasteiger partial charge in [-0.3, -0.25) is 0 Å². The molecule has 0 aliphatic heterocycles. The average molecular weight is 459 g/mol. The van der Waals surface area contributed by atoms with E-state index in [-0.39, 0.29) is 21.7 Å². The Morgan fingerprint density at radius 2 is 1.40 bits per heavy atom. The van der Waals surface area contributed by atoms with Crippen molar-refractivity contribution < 1.29 is 12.8 Å². The van der Waals surface area contributed by atoms with Crippen molar-refractivity contribution in [3.05, 3.63) is 88.4 Å². The van der Waals surface area contributed by atoms with E-state index in [4.69, 9.17) is 27.6 Å². The fraction of sp³-hybridized carbons (Fsp3) is 0.0455. The van der Waals surface area contributed by atoms with Gasteiger partial charge in [0.25, 0.3) is 0 Å². The van der Waals surface area contributed by atoms with Gasteiger partial charge in [-0.05, 0) is 67.6 Å². The van der Waals surface area contributed by atoms with Crippen molar-refractivity contribution in [2.75, 3.05) is 5.32 Å². The molecule has 1 aromatic heterocycles. The fourth-order valence-electron chi connectivity index (χ4n) is 2.78. The minimum absolute atomic E-state index is 0.0165. The number of nitrogens with one attached hydrogen (secondary N) is 1. The van der Waals surface area contributed by atoms with Crippen molar-refractivity contribution in [1.82, 2.24) is 4.98 Å². The summed E-state index contributed by atoms with van der Waals surface area (Å²) in [6.07, 6.45) is 0. The highest BCUT2D eigenvalue weighted by atomic mass is 35.5. The Kier molecular flexibility index (Phi) is 5.56. The Bertz CT molecular complexity index is 1280. The van der Waals surface area contributed by atoms with Crippen LogP contribution in [0.25, 0.3) is 11.5 Å². The van der Waals surface area contributed by atoms with E-state index in [1.807, 2.05) is 31.2 Å². The number of rotatable bonds is 5. The molecule has 1 heterocycles. The molecule has 3 aromatic carbocycles. The van der Waals surface area contributed by atoms with Gasteiger partial charge in [-0.1, -0.05) is 40.9 Å². The predicted molar refractivity (Wildman–Crippen MR) is 118 cm³/mol. The van der Waals surface area contributed by atoms with Gasteiger partial charge in [0.15, 0.2) is 0 Å². The molecule has 0 atom stereocenters. The minimum atomic E-state index is -3.96. The first-order valence-corrected chi connectivity index (χ1v) is 11.2. The lowest BCUT2D eigenvalue weighted by atomic mass is 10.1. The molecular formula is C22H16Cl2N2O3S. The van der Waals surface area contributed by atoms with Gasteiger partial charge >= 0.3 is 0 Å². The second-order valence-corrected chi connectivity index (χ2v) is 9.35. The topological polar surface area (TPSA) is 72.2 Å². The zero-order chi connectivity index (χ0) is 21.3. The molecule has 152 valence electrons. The van der Waals surface area contributed by atoms with Crippen molar-refractivity contribution >= 4 is 44.6 Å². The van der Waals surface area contributed by atoms with Gasteiger partial charge in [0, 0.05) is 21.3 Å². The van der Waals surface area contributed by atoms with Gasteiger partial charge < -0.3 is 9.73 Å². The summed E-state index contributed by atoms with van der Waals surface area (Å²) in [5.74, 6) is 0.210. The molecule has 0 spiro atoms. The summed E-state index contributed by atoms with van der Waals surface area (Å²) >= 11 is 11.8. The molecule has 4 rings (SSSR count). The standard InChI is InChI=1S/C22H16Cl2N2O3S/c1-14-2-4-15(5-3-14)20-26-22(30(27,28)19-12-8-17(24)9-13-19)21(29-20)25-18-10-6-16(23)7-11-18/h2-13,25H,1H3. The van der Waals surface area contributed by atoms with Gasteiger partial charge in [0.05, 0.1) is 4.90 Å². The third-order valence-electron chi connectivity index (χ3n) is 4.38. The summed E-state index contributed by atoms with van der Waals surface area (Å²) < 4.78 is 32.4. The van der Waals surface area contributed by atoms with Crippen molar-refractivity contribution in [3.8, 4) is 11.5 Å². The maximum atomic E-state index is 13.3. The second kappa shape index (κ2) is 8.14. The third-order valence-corrected chi connectivity index (χ3v) is 6.56. The molecule has 0 bridgehead atoms. The lowest BCUT2D eigenvalue weighted by Gasteiger charge is -2.06. The van der Waals surface area contributed by atoms with Gasteiger partial charge in [0.1, 0.15) is 0 Å². The Hall–Kier alpha value is -2.80. The Balaban J connectivity index is 1.83. The normalized spacial score (nSPS) is 11.4. The Labute approximate surface area is 184 Å². The number of oxazole rings is 1. The highest BCUT2D eigenvalue weighted by Crippen LogP contribution is 2.34. The zero-order valence-electron chi connectivity index (χ0n) is 15.8. The number of anilines is 2. The van der Waals surface area contributed by atoms with Gasteiger partial charge in [-0.2, -0.15) is 4.98 Å². The first-order chi connectivity index (χ1) is 14.3. The van der Waals surface area contributed by atoms with Crippen LogP contribution in [0.4, 0.5) is 11.6 Å². The molecule has 4 aromatic rings. The van der Waals surface area contributed by atoms with Crippen LogP contribution in [0.5, 0.6) is 0 Å². The largest absolute Gasteiger partial charge is 0.419 e. The van der Waals surface area contributed by atoms with Gasteiger partial charge in [-0.15, -0.1) is 0 Å². The zero-order valence-corrected chi connectivity index (χ0v) is 18.1. The molecule has 8 heteroatoms.